The molecule has 1 fully saturated rings. The van der Waals surface area contributed by atoms with Gasteiger partial charge >= 0.3 is 5.97 Å². The van der Waals surface area contributed by atoms with E-state index in [-0.39, 0.29) is 12.5 Å². The van der Waals surface area contributed by atoms with Crippen LogP contribution in [-0.2, 0) is 15.0 Å². The van der Waals surface area contributed by atoms with E-state index in [2.05, 4.69) is 11.4 Å². The first-order valence-electron chi connectivity index (χ1n) is 7.43. The van der Waals surface area contributed by atoms with Crippen LogP contribution in [0.4, 0.5) is 0 Å². The minimum absolute atomic E-state index is 0.0331. The Kier molecular flexibility index (Phi) is 4.51. The summed E-state index contributed by atoms with van der Waals surface area (Å²) < 4.78 is 0. The standard InChI is InChI=1S/C17H20N2O3/c1-16(15(21)22,13-7-3-2-4-8-13)12-19-14(20)17(11-18)9-5-6-10-17/h2-4,7-8H,5-6,9-10,12H2,1H3,(H,19,20)(H,21,22). The number of hydrogen-bond donors (Lipinski definition) is 2. The van der Waals surface area contributed by atoms with E-state index in [1.54, 1.807) is 31.2 Å². The van der Waals surface area contributed by atoms with E-state index in [1.807, 2.05) is 6.07 Å². The van der Waals surface area contributed by atoms with Crippen molar-refractivity contribution < 1.29 is 14.7 Å². The Bertz CT molecular complexity index is 600. The molecule has 5 nitrogen and oxygen atoms in total. The fraction of sp³-hybridized carbons (Fsp3) is 0.471. The van der Waals surface area contributed by atoms with Crippen LogP contribution in [0.25, 0.3) is 0 Å². The summed E-state index contributed by atoms with van der Waals surface area (Å²) in [5.74, 6) is -1.35. The predicted octanol–water partition coefficient (Wildman–Crippen LogP) is 2.23. The Morgan fingerprint density at radius 2 is 1.91 bits per heavy atom. The maximum Gasteiger partial charge on any atom is 0.315 e. The lowest BCUT2D eigenvalue weighted by atomic mass is 9.81. The van der Waals surface area contributed by atoms with Crippen molar-refractivity contribution in [2.45, 2.75) is 38.0 Å². The number of carbonyl (C=O) groups excluding carboxylic acids is 1. The topological polar surface area (TPSA) is 90.2 Å². The zero-order valence-corrected chi connectivity index (χ0v) is 12.6. The molecule has 0 aromatic heterocycles. The van der Waals surface area contributed by atoms with E-state index < -0.39 is 16.8 Å². The predicted molar refractivity (Wildman–Crippen MR) is 81.0 cm³/mol. The van der Waals surface area contributed by atoms with Gasteiger partial charge < -0.3 is 10.4 Å². The van der Waals surface area contributed by atoms with E-state index in [9.17, 15) is 20.0 Å². The van der Waals surface area contributed by atoms with Gasteiger partial charge in [-0.25, -0.2) is 0 Å². The molecule has 0 radical (unpaired) electrons. The first-order chi connectivity index (χ1) is 10.4. The summed E-state index contributed by atoms with van der Waals surface area (Å²) in [5, 5.41) is 21.6. The number of carboxylic acids is 1. The zero-order valence-electron chi connectivity index (χ0n) is 12.6. The van der Waals surface area contributed by atoms with Gasteiger partial charge in [-0.2, -0.15) is 5.26 Å². The maximum absolute atomic E-state index is 12.4. The lowest BCUT2D eigenvalue weighted by Crippen LogP contribution is -2.48. The van der Waals surface area contributed by atoms with Gasteiger partial charge in [0.1, 0.15) is 10.8 Å². The SMILES string of the molecule is CC(CNC(=O)C1(C#N)CCCC1)(C(=O)O)c1ccccc1. The van der Waals surface area contributed by atoms with Crippen molar-refractivity contribution in [3.05, 3.63) is 35.9 Å². The van der Waals surface area contributed by atoms with Crippen LogP contribution >= 0.6 is 0 Å². The summed E-state index contributed by atoms with van der Waals surface area (Å²) in [6.07, 6.45) is 2.81. The van der Waals surface area contributed by atoms with Crippen LogP contribution in [0.2, 0.25) is 0 Å². The summed E-state index contributed by atoms with van der Waals surface area (Å²) in [6.45, 7) is 1.55. The fourth-order valence-electron chi connectivity index (χ4n) is 2.90. The number of nitriles is 1. The van der Waals surface area contributed by atoms with Crippen LogP contribution in [0.1, 0.15) is 38.2 Å². The third-order valence-electron chi connectivity index (χ3n) is 4.59. The number of nitrogens with one attached hydrogen (secondary N) is 1. The Morgan fingerprint density at radius 3 is 2.41 bits per heavy atom. The quantitative estimate of drug-likeness (QED) is 0.872. The molecule has 0 aliphatic heterocycles. The summed E-state index contributed by atoms with van der Waals surface area (Å²) in [6, 6.07) is 10.9. The van der Waals surface area contributed by atoms with Crippen LogP contribution in [0.3, 0.4) is 0 Å². The second-order valence-electron chi connectivity index (χ2n) is 6.09. The van der Waals surface area contributed by atoms with Gasteiger partial charge in [-0.3, -0.25) is 9.59 Å². The Hall–Kier alpha value is -2.35. The van der Waals surface area contributed by atoms with Crippen LogP contribution < -0.4 is 5.32 Å². The molecule has 0 spiro atoms. The van der Waals surface area contributed by atoms with Gasteiger partial charge in [-0.15, -0.1) is 0 Å². The highest BCUT2D eigenvalue weighted by molar-refractivity contribution is 5.87. The van der Waals surface area contributed by atoms with Crippen molar-refractivity contribution in [3.8, 4) is 6.07 Å². The fourth-order valence-corrected chi connectivity index (χ4v) is 2.90. The number of aliphatic carboxylic acids is 1. The largest absolute Gasteiger partial charge is 0.481 e. The number of carboxylic acid groups (broad SMARTS) is 1. The van der Waals surface area contributed by atoms with Gasteiger partial charge in [-0.05, 0) is 25.3 Å². The van der Waals surface area contributed by atoms with Gasteiger partial charge in [-0.1, -0.05) is 43.2 Å². The van der Waals surface area contributed by atoms with Crippen LogP contribution in [-0.4, -0.2) is 23.5 Å². The van der Waals surface area contributed by atoms with Crippen molar-refractivity contribution >= 4 is 11.9 Å². The van der Waals surface area contributed by atoms with E-state index in [0.29, 0.717) is 18.4 Å². The summed E-state index contributed by atoms with van der Waals surface area (Å²) in [4.78, 5) is 24.1. The van der Waals surface area contributed by atoms with E-state index in [1.165, 1.54) is 0 Å². The smallest absolute Gasteiger partial charge is 0.315 e. The molecule has 0 heterocycles. The highest BCUT2D eigenvalue weighted by atomic mass is 16.4. The first-order valence-corrected chi connectivity index (χ1v) is 7.43. The van der Waals surface area contributed by atoms with Gasteiger partial charge in [0.25, 0.3) is 0 Å². The number of nitrogens with zero attached hydrogens (tertiary/aromatic N) is 1. The number of rotatable bonds is 5. The van der Waals surface area contributed by atoms with Gasteiger partial charge in [0.2, 0.25) is 5.91 Å². The van der Waals surface area contributed by atoms with Gasteiger partial charge in [0, 0.05) is 6.54 Å². The third-order valence-corrected chi connectivity index (χ3v) is 4.59. The monoisotopic (exact) mass is 300 g/mol. The minimum Gasteiger partial charge on any atom is -0.481 e. The van der Waals surface area contributed by atoms with E-state index in [0.717, 1.165) is 12.8 Å². The van der Waals surface area contributed by atoms with Crippen molar-refractivity contribution in [2.75, 3.05) is 6.54 Å². The Morgan fingerprint density at radius 1 is 1.32 bits per heavy atom. The molecule has 1 aliphatic carbocycles. The number of amides is 1. The third kappa shape index (κ3) is 2.82. The second kappa shape index (κ2) is 6.18. The minimum atomic E-state index is -1.22. The van der Waals surface area contributed by atoms with Crippen LogP contribution in [0.5, 0.6) is 0 Å². The molecular formula is C17H20N2O3. The second-order valence-corrected chi connectivity index (χ2v) is 6.09. The molecular weight excluding hydrogens is 280 g/mol. The lowest BCUT2D eigenvalue weighted by molar-refractivity contribution is -0.143. The number of benzene rings is 1. The molecule has 1 saturated carbocycles. The van der Waals surface area contributed by atoms with Crippen LogP contribution in [0.15, 0.2) is 30.3 Å². The first kappa shape index (κ1) is 16.0. The molecule has 0 bridgehead atoms. The molecule has 1 unspecified atom stereocenters. The van der Waals surface area contributed by atoms with Crippen molar-refractivity contribution in [3.63, 3.8) is 0 Å². The van der Waals surface area contributed by atoms with Crippen molar-refractivity contribution in [1.82, 2.24) is 5.32 Å². The molecule has 5 heteroatoms. The average Bonchev–Trinajstić information content (AvgIpc) is 3.03. The normalized spacial score (nSPS) is 18.9. The molecule has 1 amide bonds. The molecule has 22 heavy (non-hydrogen) atoms. The average molecular weight is 300 g/mol. The summed E-state index contributed by atoms with van der Waals surface area (Å²) in [5.41, 5.74) is -1.58. The Labute approximate surface area is 129 Å². The summed E-state index contributed by atoms with van der Waals surface area (Å²) >= 11 is 0. The molecule has 0 saturated heterocycles. The van der Waals surface area contributed by atoms with E-state index >= 15 is 0 Å². The Balaban J connectivity index is 2.15. The van der Waals surface area contributed by atoms with Crippen molar-refractivity contribution in [2.24, 2.45) is 5.41 Å². The zero-order chi connectivity index (χ0) is 16.2. The summed E-state index contributed by atoms with van der Waals surface area (Å²) in [7, 11) is 0. The molecule has 2 N–H and O–H groups in total. The highest BCUT2D eigenvalue weighted by Gasteiger charge is 2.43. The highest BCUT2D eigenvalue weighted by Crippen LogP contribution is 2.37. The molecule has 2 rings (SSSR count). The lowest BCUT2D eigenvalue weighted by Gasteiger charge is -2.28. The molecule has 1 aromatic rings. The number of hydrogen-bond acceptors (Lipinski definition) is 3. The molecule has 1 atom stereocenters. The molecule has 1 aromatic carbocycles. The van der Waals surface area contributed by atoms with E-state index in [4.69, 9.17) is 0 Å². The van der Waals surface area contributed by atoms with Gasteiger partial charge in [0.05, 0.1) is 6.07 Å². The maximum atomic E-state index is 12.4. The molecule has 116 valence electrons. The van der Waals surface area contributed by atoms with Crippen LogP contribution in [0, 0.1) is 16.7 Å². The van der Waals surface area contributed by atoms with Gasteiger partial charge in [0.15, 0.2) is 0 Å². The molecule has 1 aliphatic rings. The number of carbonyl (C=O) groups is 2. The van der Waals surface area contributed by atoms with Crippen molar-refractivity contribution in [1.29, 1.82) is 5.26 Å².